The van der Waals surface area contributed by atoms with Gasteiger partial charge < -0.3 is 4.52 Å². The minimum atomic E-state index is -0.0738. The zero-order chi connectivity index (χ0) is 13.1. The normalized spacial score (nSPS) is 16.6. The van der Waals surface area contributed by atoms with E-state index in [9.17, 15) is 0 Å². The van der Waals surface area contributed by atoms with Crippen LogP contribution in [-0.2, 0) is 11.8 Å². The molecular weight excluding hydrogens is 238 g/mol. The van der Waals surface area contributed by atoms with Crippen LogP contribution < -0.4 is 0 Å². The van der Waals surface area contributed by atoms with E-state index < -0.39 is 0 Å². The highest BCUT2D eigenvalue weighted by molar-refractivity contribution is 5.35. The maximum atomic E-state index is 8.59. The Morgan fingerprint density at radius 3 is 2.68 bits per heavy atom. The molecule has 0 bridgehead atoms. The van der Waals surface area contributed by atoms with Crippen molar-refractivity contribution in [3.8, 4) is 6.07 Å². The van der Waals surface area contributed by atoms with Gasteiger partial charge in [0.25, 0.3) is 0 Å². The Balaban J connectivity index is 1.91. The lowest BCUT2D eigenvalue weighted by atomic mass is 9.64. The lowest BCUT2D eigenvalue weighted by Crippen LogP contribution is -2.36. The van der Waals surface area contributed by atoms with Crippen LogP contribution in [0.4, 0.5) is 0 Å². The average molecular weight is 253 g/mol. The molecule has 0 N–H and O–H groups in total. The molecule has 0 amide bonds. The summed E-state index contributed by atoms with van der Waals surface area (Å²) in [6.45, 7) is 0. The van der Waals surface area contributed by atoms with Crippen LogP contribution in [0.5, 0.6) is 0 Å². The van der Waals surface area contributed by atoms with Crippen molar-refractivity contribution in [2.24, 2.45) is 0 Å². The summed E-state index contributed by atoms with van der Waals surface area (Å²) in [6, 6.07) is 12.5. The first-order valence-electron chi connectivity index (χ1n) is 6.61. The fourth-order valence-electron chi connectivity index (χ4n) is 2.64. The average Bonchev–Trinajstić information content (AvgIpc) is 2.85. The molecule has 0 unspecified atom stereocenters. The highest BCUT2D eigenvalue weighted by Crippen LogP contribution is 2.47. The van der Waals surface area contributed by atoms with Crippen molar-refractivity contribution in [1.82, 2.24) is 10.1 Å². The molecule has 1 aliphatic carbocycles. The summed E-state index contributed by atoms with van der Waals surface area (Å²) in [6.07, 6.45) is 4.27. The van der Waals surface area contributed by atoms with Crippen LogP contribution in [0, 0.1) is 11.3 Å². The molecule has 0 saturated heterocycles. The summed E-state index contributed by atoms with van der Waals surface area (Å²) in [4.78, 5) is 4.49. The molecule has 1 aromatic heterocycles. The van der Waals surface area contributed by atoms with Crippen molar-refractivity contribution in [3.63, 3.8) is 0 Å². The first kappa shape index (κ1) is 11.9. The van der Waals surface area contributed by atoms with Crippen LogP contribution in [0.25, 0.3) is 0 Å². The second kappa shape index (κ2) is 4.85. The predicted molar refractivity (Wildman–Crippen MR) is 69.3 cm³/mol. The number of hydrogen-bond donors (Lipinski definition) is 0. The van der Waals surface area contributed by atoms with Crippen molar-refractivity contribution in [2.45, 2.75) is 37.5 Å². The molecule has 1 aliphatic rings. The van der Waals surface area contributed by atoms with Gasteiger partial charge in [-0.25, -0.2) is 0 Å². The van der Waals surface area contributed by atoms with Gasteiger partial charge in [-0.2, -0.15) is 10.2 Å². The minimum absolute atomic E-state index is 0.0738. The lowest BCUT2D eigenvalue weighted by Gasteiger charge is -2.39. The van der Waals surface area contributed by atoms with Crippen LogP contribution in [0.2, 0.25) is 0 Å². The molecule has 0 spiro atoms. The summed E-state index contributed by atoms with van der Waals surface area (Å²) < 4.78 is 5.26. The summed E-state index contributed by atoms with van der Waals surface area (Å²) in [5.74, 6) is 1.34. The number of rotatable bonds is 4. The Labute approximate surface area is 112 Å². The molecule has 0 radical (unpaired) electrons. The molecule has 96 valence electrons. The molecule has 4 heteroatoms. The molecule has 1 fully saturated rings. The topological polar surface area (TPSA) is 62.7 Å². The smallest absolute Gasteiger partial charge is 0.227 e. The van der Waals surface area contributed by atoms with Crippen LogP contribution in [0.1, 0.15) is 43.0 Å². The van der Waals surface area contributed by atoms with E-state index in [-0.39, 0.29) is 5.41 Å². The van der Waals surface area contributed by atoms with E-state index in [4.69, 9.17) is 9.78 Å². The maximum Gasteiger partial charge on any atom is 0.227 e. The van der Waals surface area contributed by atoms with Crippen LogP contribution in [-0.4, -0.2) is 10.1 Å². The standard InChI is InChI=1S/C15H15N3O/c16-11-4-8-13-17-14(18-19-13)15(9-5-10-15)12-6-2-1-3-7-12/h1-3,6-7H,4-5,8-10H2. The van der Waals surface area contributed by atoms with Gasteiger partial charge in [0.1, 0.15) is 0 Å². The van der Waals surface area contributed by atoms with E-state index in [2.05, 4.69) is 28.3 Å². The molecule has 0 atom stereocenters. The third-order valence-corrected chi connectivity index (χ3v) is 3.88. The Morgan fingerprint density at radius 2 is 2.05 bits per heavy atom. The molecule has 2 aromatic rings. The monoisotopic (exact) mass is 253 g/mol. The van der Waals surface area contributed by atoms with Gasteiger partial charge in [0, 0.05) is 12.8 Å². The second-order valence-corrected chi connectivity index (χ2v) is 4.97. The van der Waals surface area contributed by atoms with Crippen LogP contribution >= 0.6 is 0 Å². The first-order chi connectivity index (χ1) is 9.35. The van der Waals surface area contributed by atoms with E-state index in [1.54, 1.807) is 0 Å². The quantitative estimate of drug-likeness (QED) is 0.840. The van der Waals surface area contributed by atoms with Gasteiger partial charge in [-0.3, -0.25) is 0 Å². The van der Waals surface area contributed by atoms with Gasteiger partial charge in [0.2, 0.25) is 5.89 Å². The van der Waals surface area contributed by atoms with Crippen molar-refractivity contribution < 1.29 is 4.52 Å². The third kappa shape index (κ3) is 2.01. The zero-order valence-corrected chi connectivity index (χ0v) is 10.7. The van der Waals surface area contributed by atoms with E-state index in [1.165, 1.54) is 12.0 Å². The van der Waals surface area contributed by atoms with E-state index >= 15 is 0 Å². The maximum absolute atomic E-state index is 8.59. The van der Waals surface area contributed by atoms with Gasteiger partial charge in [-0.1, -0.05) is 41.9 Å². The minimum Gasteiger partial charge on any atom is -0.339 e. The highest BCUT2D eigenvalue weighted by atomic mass is 16.5. The van der Waals surface area contributed by atoms with Crippen LogP contribution in [0.15, 0.2) is 34.9 Å². The molecule has 0 aliphatic heterocycles. The first-order valence-corrected chi connectivity index (χ1v) is 6.61. The molecule has 1 aromatic carbocycles. The van der Waals surface area contributed by atoms with Crippen molar-refractivity contribution in [2.75, 3.05) is 0 Å². The number of aromatic nitrogens is 2. The van der Waals surface area contributed by atoms with Crippen molar-refractivity contribution >= 4 is 0 Å². The van der Waals surface area contributed by atoms with Gasteiger partial charge in [-0.15, -0.1) is 0 Å². The van der Waals surface area contributed by atoms with Gasteiger partial charge >= 0.3 is 0 Å². The number of nitriles is 1. The van der Waals surface area contributed by atoms with Crippen molar-refractivity contribution in [1.29, 1.82) is 5.26 Å². The lowest BCUT2D eigenvalue weighted by molar-refractivity contribution is 0.271. The molecule has 4 nitrogen and oxygen atoms in total. The van der Waals surface area contributed by atoms with Gasteiger partial charge in [0.15, 0.2) is 5.82 Å². The van der Waals surface area contributed by atoms with E-state index in [0.717, 1.165) is 18.7 Å². The highest BCUT2D eigenvalue weighted by Gasteiger charge is 2.44. The molecule has 1 heterocycles. The summed E-state index contributed by atoms with van der Waals surface area (Å²) in [7, 11) is 0. The molecule has 19 heavy (non-hydrogen) atoms. The summed E-state index contributed by atoms with van der Waals surface area (Å²) in [5.41, 5.74) is 1.18. The van der Waals surface area contributed by atoms with Crippen molar-refractivity contribution in [3.05, 3.63) is 47.6 Å². The fourth-order valence-corrected chi connectivity index (χ4v) is 2.64. The van der Waals surface area contributed by atoms with Gasteiger partial charge in [0.05, 0.1) is 11.5 Å². The molecular formula is C15H15N3O. The number of hydrogen-bond acceptors (Lipinski definition) is 4. The predicted octanol–water partition coefficient (Wildman–Crippen LogP) is 3.00. The summed E-state index contributed by atoms with van der Waals surface area (Å²) >= 11 is 0. The zero-order valence-electron chi connectivity index (χ0n) is 10.7. The Kier molecular flexibility index (Phi) is 3.04. The summed E-state index contributed by atoms with van der Waals surface area (Å²) in [5, 5.41) is 12.7. The Bertz CT molecular complexity index is 593. The second-order valence-electron chi connectivity index (χ2n) is 4.97. The molecule has 3 rings (SSSR count). The fraction of sp³-hybridized carbons (Fsp3) is 0.400. The Morgan fingerprint density at radius 1 is 1.26 bits per heavy atom. The van der Waals surface area contributed by atoms with E-state index in [0.29, 0.717) is 18.7 Å². The number of benzene rings is 1. The van der Waals surface area contributed by atoms with Gasteiger partial charge in [-0.05, 0) is 18.4 Å². The van der Waals surface area contributed by atoms with E-state index in [1.807, 2.05) is 18.2 Å². The van der Waals surface area contributed by atoms with Crippen LogP contribution in [0.3, 0.4) is 0 Å². The molecule has 1 saturated carbocycles. The number of nitrogens with zero attached hydrogens (tertiary/aromatic N) is 3. The largest absolute Gasteiger partial charge is 0.339 e. The number of aryl methyl sites for hydroxylation is 1. The Hall–Kier alpha value is -2.15. The third-order valence-electron chi connectivity index (χ3n) is 3.88. The SMILES string of the molecule is N#CCCc1nc(C2(c3ccccc3)CCC2)no1.